The van der Waals surface area contributed by atoms with Gasteiger partial charge in [-0.3, -0.25) is 0 Å². The highest BCUT2D eigenvalue weighted by Gasteiger charge is 2.00. The van der Waals surface area contributed by atoms with Crippen molar-refractivity contribution in [3.63, 3.8) is 0 Å². The summed E-state index contributed by atoms with van der Waals surface area (Å²) in [6.45, 7) is 11.2. The van der Waals surface area contributed by atoms with Crippen LogP contribution in [0.4, 0.5) is 0 Å². The highest BCUT2D eigenvalue weighted by atomic mass is 13.8. The first-order valence-corrected chi connectivity index (χ1v) is 3.36. The van der Waals surface area contributed by atoms with Gasteiger partial charge < -0.3 is 0 Å². The van der Waals surface area contributed by atoms with Crippen molar-refractivity contribution in [3.05, 3.63) is 12.1 Å². The van der Waals surface area contributed by atoms with Crippen LogP contribution in [0.25, 0.3) is 0 Å². The van der Waals surface area contributed by atoms with Crippen molar-refractivity contribution in [2.24, 2.45) is 0 Å². The molecular weight excluding hydrogens is 94.9 g/mol. The minimum absolute atomic E-state index is 0.676. The molecule has 0 radical (unpaired) electrons. The summed E-state index contributed by atoms with van der Waals surface area (Å²) < 4.78 is 0. The van der Waals surface area contributed by atoms with Gasteiger partial charge in [-0.25, -0.2) is 0 Å². The van der Waals surface area contributed by atoms with Crippen molar-refractivity contribution in [1.82, 2.24) is 0 Å². The Bertz CT molecular complexity index is 74.5. The average molecular weight is 110 g/mol. The van der Waals surface area contributed by atoms with Gasteiger partial charge in [-0.1, -0.05) is 27.0 Å². The van der Waals surface area contributed by atoms with E-state index in [0.29, 0.717) is 6.71 Å². The largest absolute Gasteiger partial charge is 0.163 e. The molecule has 0 nitrogen and oxygen atoms in total. The van der Waals surface area contributed by atoms with Crippen molar-refractivity contribution in [2.75, 3.05) is 0 Å². The molecule has 0 atom stereocenters. The van der Waals surface area contributed by atoms with Crippen molar-refractivity contribution in [1.29, 1.82) is 0 Å². The fraction of sp³-hybridized carbons (Fsp3) is 0.714. The fourth-order valence-electron chi connectivity index (χ4n) is 0.610. The second-order valence-electron chi connectivity index (χ2n) is 2.56. The van der Waals surface area contributed by atoms with Crippen LogP contribution in [0.1, 0.15) is 19.8 Å². The topological polar surface area (TPSA) is 0 Å². The van der Waals surface area contributed by atoms with Crippen LogP contribution in [0.15, 0.2) is 12.1 Å². The first-order chi connectivity index (χ1) is 3.68. The number of hydrogen-bond donors (Lipinski definition) is 0. The van der Waals surface area contributed by atoms with E-state index in [1.807, 2.05) is 0 Å². The lowest BCUT2D eigenvalue weighted by atomic mass is 9.48. The van der Waals surface area contributed by atoms with Crippen LogP contribution >= 0.6 is 0 Å². The van der Waals surface area contributed by atoms with Crippen molar-refractivity contribution >= 4 is 6.71 Å². The van der Waals surface area contributed by atoms with Gasteiger partial charge in [-0.2, -0.15) is 0 Å². The Labute approximate surface area is 53.1 Å². The van der Waals surface area contributed by atoms with Crippen molar-refractivity contribution in [2.45, 2.75) is 33.4 Å². The minimum atomic E-state index is 0.676. The minimum Gasteiger partial charge on any atom is -0.109 e. The lowest BCUT2D eigenvalue weighted by Crippen LogP contribution is -2.03. The third-order valence-corrected chi connectivity index (χ3v) is 1.39. The maximum Gasteiger partial charge on any atom is 0.163 e. The Morgan fingerprint density at radius 3 is 2.12 bits per heavy atom. The molecule has 0 aromatic carbocycles. The van der Waals surface area contributed by atoms with E-state index >= 15 is 0 Å². The van der Waals surface area contributed by atoms with Gasteiger partial charge in [-0.05, 0) is 6.42 Å². The molecule has 1 heteroatoms. The Kier molecular flexibility index (Phi) is 3.67. The predicted octanol–water partition coefficient (Wildman–Crippen LogP) is 2.64. The van der Waals surface area contributed by atoms with Gasteiger partial charge >= 0.3 is 0 Å². The van der Waals surface area contributed by atoms with E-state index in [-0.39, 0.29) is 0 Å². The molecule has 0 aromatic heterocycles. The molecule has 0 aliphatic rings. The monoisotopic (exact) mass is 110 g/mol. The van der Waals surface area contributed by atoms with Gasteiger partial charge in [0.2, 0.25) is 0 Å². The summed E-state index contributed by atoms with van der Waals surface area (Å²) in [5.74, 6) is 0. The van der Waals surface area contributed by atoms with Gasteiger partial charge in [0.05, 0.1) is 0 Å². The Morgan fingerprint density at radius 1 is 1.50 bits per heavy atom. The molecule has 0 fully saturated rings. The predicted molar refractivity (Wildman–Crippen MR) is 41.5 cm³/mol. The zero-order chi connectivity index (χ0) is 6.57. The Morgan fingerprint density at radius 2 is 2.00 bits per heavy atom. The van der Waals surface area contributed by atoms with Crippen LogP contribution in [0.3, 0.4) is 0 Å². The fourth-order valence-corrected chi connectivity index (χ4v) is 0.610. The lowest BCUT2D eigenvalue weighted by molar-refractivity contribution is 0.942. The first-order valence-electron chi connectivity index (χ1n) is 3.36. The second-order valence-corrected chi connectivity index (χ2v) is 2.56. The molecule has 0 N–H and O–H groups in total. The molecule has 46 valence electrons. The molecule has 0 aromatic rings. The molecule has 0 aliphatic heterocycles. The second kappa shape index (κ2) is 3.76. The summed E-state index contributed by atoms with van der Waals surface area (Å²) in [5.41, 5.74) is 1.38. The molecule has 0 heterocycles. The molecule has 0 aliphatic carbocycles. The highest BCUT2D eigenvalue weighted by molar-refractivity contribution is 6.63. The molecule has 0 saturated carbocycles. The van der Waals surface area contributed by atoms with E-state index in [0.717, 1.165) is 0 Å². The van der Waals surface area contributed by atoms with Gasteiger partial charge in [0.1, 0.15) is 0 Å². The third-order valence-electron chi connectivity index (χ3n) is 1.39. The standard InChI is InChI=1S/C7H15B/c1-5-6-7(2)8(3)4/h2,5-6H2,1,3-4H3. The van der Waals surface area contributed by atoms with Crippen LogP contribution in [0.2, 0.25) is 13.6 Å². The van der Waals surface area contributed by atoms with Gasteiger partial charge in [0.15, 0.2) is 6.71 Å². The van der Waals surface area contributed by atoms with E-state index < -0.39 is 0 Å². The van der Waals surface area contributed by atoms with Crippen LogP contribution in [0, 0.1) is 0 Å². The van der Waals surface area contributed by atoms with Crippen molar-refractivity contribution < 1.29 is 0 Å². The van der Waals surface area contributed by atoms with Crippen molar-refractivity contribution in [3.8, 4) is 0 Å². The summed E-state index contributed by atoms with van der Waals surface area (Å²) in [6.07, 6.45) is 2.43. The van der Waals surface area contributed by atoms with E-state index in [1.54, 1.807) is 0 Å². The summed E-state index contributed by atoms with van der Waals surface area (Å²) in [7, 11) is 0. The normalized spacial score (nSPS) is 8.88. The Hall–Kier alpha value is -0.195. The van der Waals surface area contributed by atoms with Gasteiger partial charge in [0, 0.05) is 0 Å². The zero-order valence-electron chi connectivity index (χ0n) is 6.20. The highest BCUT2D eigenvalue weighted by Crippen LogP contribution is 2.04. The number of rotatable bonds is 3. The Balaban J connectivity index is 3.33. The summed E-state index contributed by atoms with van der Waals surface area (Å²) in [6, 6.07) is 0. The van der Waals surface area contributed by atoms with Crippen LogP contribution < -0.4 is 0 Å². The summed E-state index contributed by atoms with van der Waals surface area (Å²) >= 11 is 0. The van der Waals surface area contributed by atoms with Crippen LogP contribution in [-0.2, 0) is 0 Å². The quantitative estimate of drug-likeness (QED) is 0.490. The molecule has 0 saturated heterocycles. The summed E-state index contributed by atoms with van der Waals surface area (Å²) in [4.78, 5) is 0. The van der Waals surface area contributed by atoms with E-state index in [1.165, 1.54) is 18.3 Å². The number of hydrogen-bond acceptors (Lipinski definition) is 0. The summed E-state index contributed by atoms with van der Waals surface area (Å²) in [5, 5.41) is 0. The SMILES string of the molecule is C=C(CCC)B(C)C. The molecular formula is C7H15B. The van der Waals surface area contributed by atoms with E-state index in [9.17, 15) is 0 Å². The molecule has 8 heavy (non-hydrogen) atoms. The van der Waals surface area contributed by atoms with Crippen LogP contribution in [-0.4, -0.2) is 6.71 Å². The molecule has 0 spiro atoms. The smallest absolute Gasteiger partial charge is 0.109 e. The van der Waals surface area contributed by atoms with Gasteiger partial charge in [0.25, 0.3) is 0 Å². The van der Waals surface area contributed by atoms with E-state index in [2.05, 4.69) is 27.1 Å². The number of allylic oxidation sites excluding steroid dienone is 1. The molecule has 0 bridgehead atoms. The average Bonchev–Trinajstić information content (AvgIpc) is 1.67. The maximum absolute atomic E-state index is 3.94. The van der Waals surface area contributed by atoms with Gasteiger partial charge in [-0.15, -0.1) is 12.1 Å². The zero-order valence-corrected chi connectivity index (χ0v) is 6.20. The molecule has 0 amide bonds. The third kappa shape index (κ3) is 2.89. The molecule has 0 rings (SSSR count). The lowest BCUT2D eigenvalue weighted by Gasteiger charge is -2.02. The first kappa shape index (κ1) is 7.80. The van der Waals surface area contributed by atoms with E-state index in [4.69, 9.17) is 0 Å². The maximum atomic E-state index is 3.94. The van der Waals surface area contributed by atoms with Crippen LogP contribution in [0.5, 0.6) is 0 Å². The molecule has 0 unspecified atom stereocenters.